The summed E-state index contributed by atoms with van der Waals surface area (Å²) >= 11 is 0. The van der Waals surface area contributed by atoms with Crippen LogP contribution in [0.2, 0.25) is 0 Å². The van der Waals surface area contributed by atoms with E-state index in [4.69, 9.17) is 0 Å². The standard InChI is InChI=1S/C28H26N4O2/c1-19-3-4-23(13-24(19)14-27(33)22-9-11-29-12-10-22)28(34)32-17-26(18-32)21-7-5-20(6-8-21)25-15-30-31(2)16-25/h3-13,15-16,26H,14,17-18H2,1-2H3. The van der Waals surface area contributed by atoms with Crippen LogP contribution in [0.3, 0.4) is 0 Å². The summed E-state index contributed by atoms with van der Waals surface area (Å²) in [5.41, 5.74) is 6.63. The molecule has 1 saturated heterocycles. The number of carbonyl (C=O) groups is 2. The summed E-state index contributed by atoms with van der Waals surface area (Å²) in [7, 11) is 1.91. The molecule has 1 aliphatic rings. The van der Waals surface area contributed by atoms with E-state index in [1.807, 2.05) is 49.5 Å². The normalized spacial score (nSPS) is 13.5. The van der Waals surface area contributed by atoms with Gasteiger partial charge >= 0.3 is 0 Å². The molecule has 0 spiro atoms. The van der Waals surface area contributed by atoms with Crippen molar-refractivity contribution in [3.05, 3.63) is 107 Å². The number of amides is 1. The monoisotopic (exact) mass is 450 g/mol. The molecule has 6 heteroatoms. The van der Waals surface area contributed by atoms with Crippen LogP contribution in [0, 0.1) is 6.92 Å². The van der Waals surface area contributed by atoms with E-state index in [0.717, 1.165) is 22.3 Å². The summed E-state index contributed by atoms with van der Waals surface area (Å²) in [5, 5.41) is 4.23. The first-order chi connectivity index (χ1) is 16.5. The Morgan fingerprint density at radius 1 is 0.941 bits per heavy atom. The number of likely N-dealkylation sites (tertiary alicyclic amines) is 1. The summed E-state index contributed by atoms with van der Waals surface area (Å²) in [6.07, 6.45) is 7.36. The van der Waals surface area contributed by atoms with E-state index in [1.54, 1.807) is 29.2 Å². The highest BCUT2D eigenvalue weighted by atomic mass is 16.2. The van der Waals surface area contributed by atoms with E-state index in [1.165, 1.54) is 5.56 Å². The molecule has 4 aromatic rings. The van der Waals surface area contributed by atoms with Gasteiger partial charge < -0.3 is 4.90 Å². The summed E-state index contributed by atoms with van der Waals surface area (Å²) < 4.78 is 1.80. The predicted octanol–water partition coefficient (Wildman–Crippen LogP) is 4.46. The largest absolute Gasteiger partial charge is 0.337 e. The average Bonchev–Trinajstić information content (AvgIpc) is 3.26. The Bertz CT molecular complexity index is 1340. The van der Waals surface area contributed by atoms with E-state index < -0.39 is 0 Å². The third-order valence-electron chi connectivity index (χ3n) is 6.54. The quantitative estimate of drug-likeness (QED) is 0.407. The number of benzene rings is 2. The fourth-order valence-corrected chi connectivity index (χ4v) is 4.36. The maximum atomic E-state index is 13.1. The first-order valence-corrected chi connectivity index (χ1v) is 11.4. The highest BCUT2D eigenvalue weighted by Gasteiger charge is 2.32. The molecule has 5 rings (SSSR count). The SMILES string of the molecule is Cc1ccc(C(=O)N2CC(c3ccc(-c4cnn(C)c4)cc3)C2)cc1CC(=O)c1ccncc1. The molecule has 0 radical (unpaired) electrons. The number of hydrogen-bond acceptors (Lipinski definition) is 4. The van der Waals surface area contributed by atoms with Gasteiger partial charge in [0.05, 0.1) is 6.20 Å². The fraction of sp³-hybridized carbons (Fsp3) is 0.214. The zero-order valence-electron chi connectivity index (χ0n) is 19.3. The number of Topliss-reactive ketones (excluding diaryl/α,β-unsaturated/α-hetero) is 1. The highest BCUT2D eigenvalue weighted by molar-refractivity contribution is 5.99. The zero-order chi connectivity index (χ0) is 23.7. The fourth-order valence-electron chi connectivity index (χ4n) is 4.36. The molecule has 0 bridgehead atoms. The molecule has 0 atom stereocenters. The molecule has 2 aromatic heterocycles. The molecule has 1 aliphatic heterocycles. The topological polar surface area (TPSA) is 68.1 Å². The minimum Gasteiger partial charge on any atom is -0.337 e. The van der Waals surface area contributed by atoms with Crippen molar-refractivity contribution < 1.29 is 9.59 Å². The van der Waals surface area contributed by atoms with Crippen LogP contribution in [-0.2, 0) is 13.5 Å². The molecule has 0 aliphatic carbocycles. The predicted molar refractivity (Wildman–Crippen MR) is 131 cm³/mol. The first-order valence-electron chi connectivity index (χ1n) is 11.4. The Hall–Kier alpha value is -4.06. The van der Waals surface area contributed by atoms with Crippen molar-refractivity contribution >= 4 is 11.7 Å². The molecule has 0 unspecified atom stereocenters. The molecule has 0 N–H and O–H groups in total. The summed E-state index contributed by atoms with van der Waals surface area (Å²) in [6.45, 7) is 3.37. The molecule has 6 nitrogen and oxygen atoms in total. The Balaban J connectivity index is 1.23. The second kappa shape index (κ2) is 9.06. The van der Waals surface area contributed by atoms with Crippen molar-refractivity contribution in [2.75, 3.05) is 13.1 Å². The van der Waals surface area contributed by atoms with Crippen molar-refractivity contribution in [1.82, 2.24) is 19.7 Å². The van der Waals surface area contributed by atoms with Gasteiger partial charge in [-0.3, -0.25) is 19.3 Å². The van der Waals surface area contributed by atoms with Crippen LogP contribution in [-0.4, -0.2) is 44.4 Å². The lowest BCUT2D eigenvalue weighted by Crippen LogP contribution is -2.48. The molecular formula is C28H26N4O2. The molecule has 170 valence electrons. The lowest BCUT2D eigenvalue weighted by atomic mass is 9.89. The van der Waals surface area contributed by atoms with Crippen molar-refractivity contribution in [1.29, 1.82) is 0 Å². The van der Waals surface area contributed by atoms with E-state index in [2.05, 4.69) is 34.3 Å². The average molecular weight is 451 g/mol. The molecule has 1 fully saturated rings. The molecule has 3 heterocycles. The number of ketones is 1. The van der Waals surface area contributed by atoms with Crippen LogP contribution < -0.4 is 0 Å². The van der Waals surface area contributed by atoms with Crippen molar-refractivity contribution in [2.45, 2.75) is 19.3 Å². The lowest BCUT2D eigenvalue weighted by molar-refractivity contribution is 0.0602. The Morgan fingerprint density at radius 3 is 2.35 bits per heavy atom. The van der Waals surface area contributed by atoms with E-state index in [0.29, 0.717) is 30.1 Å². The van der Waals surface area contributed by atoms with E-state index >= 15 is 0 Å². The highest BCUT2D eigenvalue weighted by Crippen LogP contribution is 2.30. The van der Waals surface area contributed by atoms with Crippen LogP contribution in [0.5, 0.6) is 0 Å². The van der Waals surface area contributed by atoms with Crippen LogP contribution >= 0.6 is 0 Å². The third kappa shape index (κ3) is 4.39. The number of nitrogens with zero attached hydrogens (tertiary/aromatic N) is 4. The Morgan fingerprint density at radius 2 is 1.68 bits per heavy atom. The van der Waals surface area contributed by atoms with Gasteiger partial charge in [0.1, 0.15) is 0 Å². The molecule has 34 heavy (non-hydrogen) atoms. The number of carbonyl (C=O) groups excluding carboxylic acids is 2. The maximum Gasteiger partial charge on any atom is 0.253 e. The number of rotatable bonds is 6. The van der Waals surface area contributed by atoms with Crippen molar-refractivity contribution in [2.24, 2.45) is 7.05 Å². The summed E-state index contributed by atoms with van der Waals surface area (Å²) in [6, 6.07) is 17.6. The van der Waals surface area contributed by atoms with Gasteiger partial charge in [0, 0.05) is 67.8 Å². The number of aromatic nitrogens is 3. The van der Waals surface area contributed by atoms with E-state index in [-0.39, 0.29) is 18.1 Å². The van der Waals surface area contributed by atoms with Crippen LogP contribution in [0.15, 0.2) is 79.4 Å². The van der Waals surface area contributed by atoms with Crippen LogP contribution in [0.25, 0.3) is 11.1 Å². The van der Waals surface area contributed by atoms with Gasteiger partial charge in [0.2, 0.25) is 0 Å². The lowest BCUT2D eigenvalue weighted by Gasteiger charge is -2.39. The van der Waals surface area contributed by atoms with Crippen molar-refractivity contribution in [3.63, 3.8) is 0 Å². The molecule has 2 aromatic carbocycles. The van der Waals surface area contributed by atoms with Crippen LogP contribution in [0.1, 0.15) is 43.3 Å². The smallest absolute Gasteiger partial charge is 0.253 e. The second-order valence-corrected chi connectivity index (χ2v) is 8.91. The maximum absolute atomic E-state index is 13.1. The van der Waals surface area contributed by atoms with Gasteiger partial charge in [0.15, 0.2) is 5.78 Å². The molecule has 1 amide bonds. The summed E-state index contributed by atoms with van der Waals surface area (Å²) in [4.78, 5) is 31.6. The zero-order valence-corrected chi connectivity index (χ0v) is 19.3. The second-order valence-electron chi connectivity index (χ2n) is 8.91. The number of hydrogen-bond donors (Lipinski definition) is 0. The molecule has 0 saturated carbocycles. The van der Waals surface area contributed by atoms with Crippen molar-refractivity contribution in [3.8, 4) is 11.1 Å². The minimum atomic E-state index is 0.0147. The summed E-state index contributed by atoms with van der Waals surface area (Å²) in [5.74, 6) is 0.375. The van der Waals surface area contributed by atoms with Gasteiger partial charge in [-0.25, -0.2) is 0 Å². The molecular weight excluding hydrogens is 424 g/mol. The Kier molecular flexibility index (Phi) is 5.80. The van der Waals surface area contributed by atoms with Gasteiger partial charge in [-0.05, 0) is 53.4 Å². The third-order valence-corrected chi connectivity index (χ3v) is 6.54. The van der Waals surface area contributed by atoms with Gasteiger partial charge in [-0.1, -0.05) is 30.3 Å². The number of aryl methyl sites for hydroxylation is 2. The van der Waals surface area contributed by atoms with Gasteiger partial charge in [-0.15, -0.1) is 0 Å². The van der Waals surface area contributed by atoms with E-state index in [9.17, 15) is 9.59 Å². The minimum absolute atomic E-state index is 0.0147. The Labute approximate surface area is 198 Å². The number of pyridine rings is 1. The van der Waals surface area contributed by atoms with Crippen LogP contribution in [0.4, 0.5) is 0 Å². The van der Waals surface area contributed by atoms with Gasteiger partial charge in [0.25, 0.3) is 5.91 Å². The first kappa shape index (κ1) is 21.8. The van der Waals surface area contributed by atoms with Gasteiger partial charge in [-0.2, -0.15) is 5.10 Å².